The number of sulfonamides is 1. The highest BCUT2D eigenvalue weighted by atomic mass is 35.5. The summed E-state index contributed by atoms with van der Waals surface area (Å²) in [4.78, 5) is 4.08. The second-order valence-electron chi connectivity index (χ2n) is 5.01. The second-order valence-corrected chi connectivity index (χ2v) is 7.18. The topological polar surface area (TPSA) is 50.3 Å². The van der Waals surface area contributed by atoms with Crippen molar-refractivity contribution in [3.05, 3.63) is 53.3 Å². The van der Waals surface area contributed by atoms with E-state index >= 15 is 0 Å². The Bertz CT molecular complexity index is 731. The van der Waals surface area contributed by atoms with Crippen molar-refractivity contribution >= 4 is 27.3 Å². The lowest BCUT2D eigenvalue weighted by Gasteiger charge is -2.28. The molecule has 0 bridgehead atoms. The molecule has 0 spiro atoms. The average Bonchev–Trinajstić information content (AvgIpc) is 2.42. The molecule has 0 saturated heterocycles. The maximum absolute atomic E-state index is 12.9. The fraction of sp³-hybridized carbons (Fsp3) is 0.267. The number of rotatable bonds is 4. The van der Waals surface area contributed by atoms with E-state index in [9.17, 15) is 8.42 Å². The Labute approximate surface area is 130 Å². The molecule has 0 N–H and O–H groups in total. The first kappa shape index (κ1) is 15.8. The molecule has 0 atom stereocenters. The van der Waals surface area contributed by atoms with Crippen LogP contribution in [0.5, 0.6) is 0 Å². The van der Waals surface area contributed by atoms with Crippen LogP contribution in [0.2, 0.25) is 5.15 Å². The van der Waals surface area contributed by atoms with E-state index in [1.54, 1.807) is 25.1 Å². The molecule has 1 heterocycles. The minimum absolute atomic E-state index is 0.141. The number of halogens is 1. The lowest BCUT2D eigenvalue weighted by molar-refractivity contribution is 0.584. The van der Waals surface area contributed by atoms with E-state index in [0.29, 0.717) is 16.4 Å². The van der Waals surface area contributed by atoms with E-state index in [1.807, 2.05) is 32.0 Å². The van der Waals surface area contributed by atoms with Gasteiger partial charge in [-0.25, -0.2) is 13.4 Å². The third kappa shape index (κ3) is 3.19. The predicted molar refractivity (Wildman–Crippen MR) is 85.2 cm³/mol. The van der Waals surface area contributed by atoms with Crippen molar-refractivity contribution in [3.8, 4) is 0 Å². The van der Waals surface area contributed by atoms with Crippen LogP contribution in [0.15, 0.2) is 47.5 Å². The van der Waals surface area contributed by atoms with Crippen LogP contribution in [0.25, 0.3) is 0 Å². The van der Waals surface area contributed by atoms with Gasteiger partial charge in [0.15, 0.2) is 0 Å². The summed E-state index contributed by atoms with van der Waals surface area (Å²) in [5.74, 6) is 0. The molecular weight excluding hydrogens is 308 g/mol. The zero-order valence-corrected chi connectivity index (χ0v) is 13.7. The van der Waals surface area contributed by atoms with Crippen LogP contribution < -0.4 is 4.31 Å². The summed E-state index contributed by atoms with van der Waals surface area (Å²) in [6.07, 6.45) is 1.29. The van der Waals surface area contributed by atoms with Crippen LogP contribution in [-0.4, -0.2) is 19.4 Å². The maximum atomic E-state index is 12.9. The SMILES string of the molecule is Cc1cc(S(=O)(=O)N(c2ccccc2)C(C)C)cnc1Cl. The number of hydrogen-bond donors (Lipinski definition) is 0. The van der Waals surface area contributed by atoms with E-state index in [4.69, 9.17) is 11.6 Å². The molecule has 0 radical (unpaired) electrons. The van der Waals surface area contributed by atoms with Crippen molar-refractivity contribution in [1.82, 2.24) is 4.98 Å². The van der Waals surface area contributed by atoms with Crippen LogP contribution in [-0.2, 0) is 10.0 Å². The first-order valence-electron chi connectivity index (χ1n) is 6.55. The number of aromatic nitrogens is 1. The molecule has 21 heavy (non-hydrogen) atoms. The second kappa shape index (κ2) is 6.03. The number of nitrogens with zero attached hydrogens (tertiary/aromatic N) is 2. The van der Waals surface area contributed by atoms with Crippen molar-refractivity contribution in [2.45, 2.75) is 31.7 Å². The van der Waals surface area contributed by atoms with Gasteiger partial charge < -0.3 is 0 Å². The molecule has 0 aliphatic rings. The van der Waals surface area contributed by atoms with Crippen molar-refractivity contribution in [2.24, 2.45) is 0 Å². The van der Waals surface area contributed by atoms with Gasteiger partial charge in [0.1, 0.15) is 10.0 Å². The summed E-state index contributed by atoms with van der Waals surface area (Å²) in [5.41, 5.74) is 1.26. The molecule has 112 valence electrons. The Morgan fingerprint density at radius 3 is 2.33 bits per heavy atom. The number of pyridine rings is 1. The van der Waals surface area contributed by atoms with Crippen LogP contribution in [0.1, 0.15) is 19.4 Å². The zero-order chi connectivity index (χ0) is 15.6. The fourth-order valence-corrected chi connectivity index (χ4v) is 3.87. The van der Waals surface area contributed by atoms with E-state index in [-0.39, 0.29) is 10.9 Å². The molecular formula is C15H17ClN2O2S. The van der Waals surface area contributed by atoms with Crippen LogP contribution in [0.3, 0.4) is 0 Å². The summed E-state index contributed by atoms with van der Waals surface area (Å²) in [5, 5.41) is 0.310. The highest BCUT2D eigenvalue weighted by Gasteiger charge is 2.28. The van der Waals surface area contributed by atoms with Gasteiger partial charge in [-0.1, -0.05) is 29.8 Å². The van der Waals surface area contributed by atoms with E-state index < -0.39 is 10.0 Å². The molecule has 4 nitrogen and oxygen atoms in total. The van der Waals surface area contributed by atoms with E-state index in [2.05, 4.69) is 4.98 Å². The number of benzene rings is 1. The summed E-state index contributed by atoms with van der Waals surface area (Å²) in [7, 11) is -3.68. The molecule has 0 aliphatic heterocycles. The largest absolute Gasteiger partial charge is 0.266 e. The van der Waals surface area contributed by atoms with Gasteiger partial charge in [-0.2, -0.15) is 0 Å². The predicted octanol–water partition coefficient (Wildman–Crippen LogP) is 3.65. The van der Waals surface area contributed by atoms with Crippen LogP contribution in [0.4, 0.5) is 5.69 Å². The number of hydrogen-bond acceptors (Lipinski definition) is 3. The minimum atomic E-state index is -3.68. The normalized spacial score (nSPS) is 11.7. The Hall–Kier alpha value is -1.59. The van der Waals surface area contributed by atoms with Gasteiger partial charge in [0.2, 0.25) is 0 Å². The average molecular weight is 325 g/mol. The molecule has 6 heteroatoms. The highest BCUT2D eigenvalue weighted by Crippen LogP contribution is 2.27. The molecule has 1 aromatic heterocycles. The van der Waals surface area contributed by atoms with Gasteiger partial charge in [-0.05, 0) is 44.5 Å². The summed E-state index contributed by atoms with van der Waals surface area (Å²) < 4.78 is 27.1. The third-order valence-electron chi connectivity index (χ3n) is 3.03. The van der Waals surface area contributed by atoms with Crippen molar-refractivity contribution in [2.75, 3.05) is 4.31 Å². The summed E-state index contributed by atoms with van der Waals surface area (Å²) in [6.45, 7) is 5.40. The standard InChI is InChI=1S/C15H17ClN2O2S/c1-11(2)18(13-7-5-4-6-8-13)21(19,20)14-9-12(3)15(16)17-10-14/h4-11H,1-3H3. The van der Waals surface area contributed by atoms with Gasteiger partial charge in [-0.15, -0.1) is 0 Å². The minimum Gasteiger partial charge on any atom is -0.264 e. The lowest BCUT2D eigenvalue weighted by atomic mass is 10.3. The molecule has 2 aromatic rings. The van der Waals surface area contributed by atoms with Crippen molar-refractivity contribution in [3.63, 3.8) is 0 Å². The first-order chi connectivity index (χ1) is 9.84. The van der Waals surface area contributed by atoms with Crippen LogP contribution in [0, 0.1) is 6.92 Å². The molecule has 0 saturated carbocycles. The molecule has 1 aromatic carbocycles. The first-order valence-corrected chi connectivity index (χ1v) is 8.37. The summed E-state index contributed by atoms with van der Waals surface area (Å²) >= 11 is 5.87. The Morgan fingerprint density at radius 1 is 1.19 bits per heavy atom. The molecule has 0 fully saturated rings. The smallest absolute Gasteiger partial charge is 0.264 e. The zero-order valence-electron chi connectivity index (χ0n) is 12.1. The number of anilines is 1. The quantitative estimate of drug-likeness (QED) is 0.807. The third-order valence-corrected chi connectivity index (χ3v) is 5.39. The highest BCUT2D eigenvalue weighted by molar-refractivity contribution is 7.92. The van der Waals surface area contributed by atoms with E-state index in [1.165, 1.54) is 10.5 Å². The van der Waals surface area contributed by atoms with Gasteiger partial charge in [0.05, 0.1) is 5.69 Å². The monoisotopic (exact) mass is 324 g/mol. The Kier molecular flexibility index (Phi) is 4.54. The van der Waals surface area contributed by atoms with E-state index in [0.717, 1.165) is 0 Å². The van der Waals surface area contributed by atoms with Crippen molar-refractivity contribution in [1.29, 1.82) is 0 Å². The van der Waals surface area contributed by atoms with Gasteiger partial charge >= 0.3 is 0 Å². The lowest BCUT2D eigenvalue weighted by Crippen LogP contribution is -2.37. The number of para-hydroxylation sites is 1. The van der Waals surface area contributed by atoms with Crippen molar-refractivity contribution < 1.29 is 8.42 Å². The van der Waals surface area contributed by atoms with Crippen LogP contribution >= 0.6 is 11.6 Å². The fourth-order valence-electron chi connectivity index (χ4n) is 2.08. The summed E-state index contributed by atoms with van der Waals surface area (Å²) in [6, 6.07) is 10.3. The Morgan fingerprint density at radius 2 is 1.81 bits per heavy atom. The molecule has 0 aliphatic carbocycles. The maximum Gasteiger partial charge on any atom is 0.266 e. The molecule has 0 amide bonds. The molecule has 0 unspecified atom stereocenters. The van der Waals surface area contributed by atoms with Gasteiger partial charge in [-0.3, -0.25) is 4.31 Å². The Balaban J connectivity index is 2.56. The van der Waals surface area contributed by atoms with Gasteiger partial charge in [0.25, 0.3) is 10.0 Å². The molecule has 2 rings (SSSR count). The number of aryl methyl sites for hydroxylation is 1. The van der Waals surface area contributed by atoms with Gasteiger partial charge in [0, 0.05) is 12.2 Å².